The number of rotatable bonds is 6. The summed E-state index contributed by atoms with van der Waals surface area (Å²) in [7, 11) is 0. The number of hydrogen-bond acceptors (Lipinski definition) is 5. The van der Waals surface area contributed by atoms with Crippen LogP contribution in [0.15, 0.2) is 24.3 Å². The Labute approximate surface area is 186 Å². The van der Waals surface area contributed by atoms with Crippen LogP contribution in [0.4, 0.5) is 18.9 Å². The lowest BCUT2D eigenvalue weighted by Crippen LogP contribution is -2.55. The summed E-state index contributed by atoms with van der Waals surface area (Å²) in [5.74, 6) is -0.399. The van der Waals surface area contributed by atoms with Crippen LogP contribution >= 0.6 is 0 Å². The van der Waals surface area contributed by atoms with Crippen LogP contribution in [0.2, 0.25) is 0 Å². The van der Waals surface area contributed by atoms with Crippen LogP contribution in [0, 0.1) is 0 Å². The summed E-state index contributed by atoms with van der Waals surface area (Å²) in [4.78, 5) is 31.4. The van der Waals surface area contributed by atoms with Gasteiger partial charge < -0.3 is 15.0 Å². The van der Waals surface area contributed by atoms with E-state index in [0.29, 0.717) is 44.5 Å². The van der Waals surface area contributed by atoms with Gasteiger partial charge in [-0.15, -0.1) is 13.2 Å². The van der Waals surface area contributed by atoms with Gasteiger partial charge in [-0.05, 0) is 57.4 Å². The average molecular weight is 457 g/mol. The molecule has 2 aliphatic rings. The molecule has 0 saturated carbocycles. The molecule has 2 amide bonds. The number of benzene rings is 1. The Hall–Kier alpha value is -2.33. The third kappa shape index (κ3) is 6.83. The van der Waals surface area contributed by atoms with Crippen molar-refractivity contribution in [3.8, 4) is 5.75 Å². The summed E-state index contributed by atoms with van der Waals surface area (Å²) >= 11 is 0. The smallest absolute Gasteiger partial charge is 0.406 e. The molecule has 2 aliphatic heterocycles. The molecule has 7 nitrogen and oxygen atoms in total. The highest BCUT2D eigenvalue weighted by molar-refractivity contribution is 5.94. The van der Waals surface area contributed by atoms with Crippen LogP contribution in [0.3, 0.4) is 0 Å². The molecule has 0 bridgehead atoms. The quantitative estimate of drug-likeness (QED) is 0.713. The number of halogens is 3. The summed E-state index contributed by atoms with van der Waals surface area (Å²) in [6, 6.07) is 4.96. The molecule has 10 heteroatoms. The van der Waals surface area contributed by atoms with Gasteiger partial charge in [0.15, 0.2) is 0 Å². The summed E-state index contributed by atoms with van der Waals surface area (Å²) in [5, 5.41) is 2.73. The number of hydrogen-bond donors (Lipinski definition) is 1. The molecule has 1 N–H and O–H groups in total. The second-order valence-corrected chi connectivity index (χ2v) is 8.48. The lowest BCUT2D eigenvalue weighted by molar-refractivity contribution is -0.274. The molecule has 3 rings (SSSR count). The van der Waals surface area contributed by atoms with Crippen LogP contribution in [0.25, 0.3) is 0 Å². The maximum Gasteiger partial charge on any atom is 0.573 e. The van der Waals surface area contributed by atoms with Gasteiger partial charge in [0.2, 0.25) is 11.8 Å². The second-order valence-electron chi connectivity index (χ2n) is 8.48. The highest BCUT2D eigenvalue weighted by Gasteiger charge is 2.31. The van der Waals surface area contributed by atoms with E-state index in [4.69, 9.17) is 0 Å². The number of nitrogens with one attached hydrogen (secondary N) is 1. The number of nitrogens with zero attached hydrogens (tertiary/aromatic N) is 3. The van der Waals surface area contributed by atoms with Crippen molar-refractivity contribution in [2.45, 2.75) is 51.6 Å². The molecular weight excluding hydrogens is 425 g/mol. The molecule has 2 saturated heterocycles. The zero-order chi connectivity index (χ0) is 23.3. The first kappa shape index (κ1) is 24.3. The molecule has 2 unspecified atom stereocenters. The van der Waals surface area contributed by atoms with Crippen molar-refractivity contribution in [2.24, 2.45) is 0 Å². The van der Waals surface area contributed by atoms with Crippen molar-refractivity contribution in [2.75, 3.05) is 44.6 Å². The zero-order valence-corrected chi connectivity index (χ0v) is 18.5. The Bertz CT molecular complexity index is 780. The second kappa shape index (κ2) is 10.5. The van der Waals surface area contributed by atoms with E-state index in [1.807, 2.05) is 9.80 Å². The summed E-state index contributed by atoms with van der Waals surface area (Å²) in [6.45, 7) is 7.88. The van der Waals surface area contributed by atoms with Gasteiger partial charge in [0, 0.05) is 44.5 Å². The molecule has 2 heterocycles. The fourth-order valence-electron chi connectivity index (χ4n) is 4.21. The van der Waals surface area contributed by atoms with E-state index in [-0.39, 0.29) is 17.6 Å². The molecule has 1 aromatic rings. The van der Waals surface area contributed by atoms with Crippen LogP contribution in [-0.2, 0) is 9.59 Å². The van der Waals surface area contributed by atoms with Gasteiger partial charge in [-0.2, -0.15) is 0 Å². The third-order valence-electron chi connectivity index (χ3n) is 6.17. The largest absolute Gasteiger partial charge is 0.573 e. The monoisotopic (exact) mass is 456 g/mol. The Morgan fingerprint density at radius 3 is 2.34 bits per heavy atom. The maximum atomic E-state index is 12.6. The lowest BCUT2D eigenvalue weighted by atomic mass is 10.0. The van der Waals surface area contributed by atoms with Crippen molar-refractivity contribution >= 4 is 17.5 Å². The number of anilines is 1. The first-order chi connectivity index (χ1) is 15.1. The minimum atomic E-state index is -4.75. The summed E-state index contributed by atoms with van der Waals surface area (Å²) in [6.07, 6.45) is -1.45. The van der Waals surface area contributed by atoms with Gasteiger partial charge in [0.25, 0.3) is 0 Å². The van der Waals surface area contributed by atoms with Gasteiger partial charge in [-0.25, -0.2) is 0 Å². The molecular formula is C22H31F3N4O3. The Morgan fingerprint density at radius 1 is 1.09 bits per heavy atom. The van der Waals surface area contributed by atoms with Crippen molar-refractivity contribution in [1.29, 1.82) is 0 Å². The predicted octanol–water partition coefficient (Wildman–Crippen LogP) is 2.93. The number of piperidine rings is 1. The third-order valence-corrected chi connectivity index (χ3v) is 6.17. The highest BCUT2D eigenvalue weighted by atomic mass is 19.4. The van der Waals surface area contributed by atoms with Gasteiger partial charge >= 0.3 is 6.36 Å². The average Bonchev–Trinajstić information content (AvgIpc) is 2.74. The van der Waals surface area contributed by atoms with Gasteiger partial charge in [0.05, 0.1) is 12.6 Å². The first-order valence-electron chi connectivity index (χ1n) is 11.0. The first-order valence-corrected chi connectivity index (χ1v) is 11.0. The summed E-state index contributed by atoms with van der Waals surface area (Å²) in [5.41, 5.74) is 0.399. The Balaban J connectivity index is 1.44. The number of ether oxygens (including phenoxy) is 1. The van der Waals surface area contributed by atoms with Crippen molar-refractivity contribution < 1.29 is 27.5 Å². The normalized spacial score (nSPS) is 21.8. The van der Waals surface area contributed by atoms with E-state index in [1.54, 1.807) is 6.92 Å². The number of carbonyl (C=O) groups excluding carboxylic acids is 2. The fraction of sp³-hybridized carbons (Fsp3) is 0.636. The maximum absolute atomic E-state index is 12.6. The minimum absolute atomic E-state index is 0.175. The molecule has 32 heavy (non-hydrogen) atoms. The van der Waals surface area contributed by atoms with Crippen LogP contribution in [-0.4, -0.2) is 84.2 Å². The summed E-state index contributed by atoms with van der Waals surface area (Å²) < 4.78 is 40.6. The number of amides is 2. The molecule has 2 atom stereocenters. The molecule has 1 aromatic carbocycles. The zero-order valence-electron chi connectivity index (χ0n) is 18.5. The van der Waals surface area contributed by atoms with Crippen LogP contribution in [0.1, 0.15) is 33.1 Å². The van der Waals surface area contributed by atoms with E-state index >= 15 is 0 Å². The van der Waals surface area contributed by atoms with Gasteiger partial charge in [-0.3, -0.25) is 19.4 Å². The SMILES string of the molecule is CC(C(=O)Nc1ccc(OC(F)(F)F)cc1)N1CCN(CC(=O)N2CCCCC2C)CC1. The minimum Gasteiger partial charge on any atom is -0.406 e. The van der Waals surface area contributed by atoms with Crippen LogP contribution in [0.5, 0.6) is 5.75 Å². The molecule has 0 aliphatic carbocycles. The standard InChI is InChI=1S/C22H31F3N4O3/c1-16-5-3-4-10-29(16)20(30)15-27-11-13-28(14-12-27)17(2)21(31)26-18-6-8-19(9-7-18)32-22(23,24)25/h6-9,16-17H,3-5,10-15H2,1-2H3,(H,26,31). The number of piperazine rings is 1. The van der Waals surface area contributed by atoms with E-state index < -0.39 is 12.4 Å². The fourth-order valence-corrected chi connectivity index (χ4v) is 4.21. The number of alkyl halides is 3. The van der Waals surface area contributed by atoms with E-state index in [2.05, 4.69) is 21.9 Å². The number of likely N-dealkylation sites (tertiary alicyclic amines) is 1. The van der Waals surface area contributed by atoms with E-state index in [0.717, 1.165) is 31.5 Å². The number of carbonyl (C=O) groups is 2. The van der Waals surface area contributed by atoms with E-state index in [1.165, 1.54) is 18.6 Å². The topological polar surface area (TPSA) is 65.1 Å². The van der Waals surface area contributed by atoms with Crippen molar-refractivity contribution in [3.63, 3.8) is 0 Å². The van der Waals surface area contributed by atoms with Gasteiger partial charge in [-0.1, -0.05) is 0 Å². The molecule has 0 aromatic heterocycles. The lowest BCUT2D eigenvalue weighted by Gasteiger charge is -2.39. The van der Waals surface area contributed by atoms with Crippen molar-refractivity contribution in [3.05, 3.63) is 24.3 Å². The van der Waals surface area contributed by atoms with Gasteiger partial charge in [0.1, 0.15) is 5.75 Å². The van der Waals surface area contributed by atoms with E-state index in [9.17, 15) is 22.8 Å². The molecule has 0 radical (unpaired) electrons. The molecule has 2 fully saturated rings. The Kier molecular flexibility index (Phi) is 8.00. The molecule has 178 valence electrons. The van der Waals surface area contributed by atoms with Crippen LogP contribution < -0.4 is 10.1 Å². The van der Waals surface area contributed by atoms with Crippen molar-refractivity contribution in [1.82, 2.24) is 14.7 Å². The highest BCUT2D eigenvalue weighted by Crippen LogP contribution is 2.24. The Morgan fingerprint density at radius 2 is 1.75 bits per heavy atom. The predicted molar refractivity (Wildman–Crippen MR) is 114 cm³/mol. The molecule has 0 spiro atoms.